The summed E-state index contributed by atoms with van der Waals surface area (Å²) in [5.74, 6) is 1.91. The number of benzene rings is 2. The van der Waals surface area contributed by atoms with Gasteiger partial charge in [-0.1, -0.05) is 32.0 Å². The van der Waals surface area contributed by atoms with Crippen molar-refractivity contribution in [3.8, 4) is 11.5 Å². The van der Waals surface area contributed by atoms with Crippen molar-refractivity contribution in [1.82, 2.24) is 0 Å². The summed E-state index contributed by atoms with van der Waals surface area (Å²) in [6.07, 6.45) is 2.12. The number of fused-ring (bicyclic) bond motifs is 1. The molecule has 0 saturated carbocycles. The van der Waals surface area contributed by atoms with E-state index in [9.17, 15) is 4.79 Å². The minimum absolute atomic E-state index is 0.0985. The second kappa shape index (κ2) is 5.34. The number of ether oxygens (including phenoxy) is 2. The van der Waals surface area contributed by atoms with Gasteiger partial charge in [0.25, 0.3) is 0 Å². The van der Waals surface area contributed by atoms with Gasteiger partial charge in [-0.2, -0.15) is 0 Å². The van der Waals surface area contributed by atoms with Gasteiger partial charge in [-0.15, -0.1) is 0 Å². The number of para-hydroxylation sites is 1. The minimum Gasteiger partial charge on any atom is -0.457 e. The normalized spacial score (nSPS) is 15.3. The molecule has 0 spiro atoms. The van der Waals surface area contributed by atoms with E-state index in [1.54, 1.807) is 12.1 Å². The van der Waals surface area contributed by atoms with Crippen LogP contribution in [0.5, 0.6) is 11.5 Å². The Morgan fingerprint density at radius 1 is 1.05 bits per heavy atom. The summed E-state index contributed by atoms with van der Waals surface area (Å²) in [4.78, 5) is 11.0. The van der Waals surface area contributed by atoms with Crippen molar-refractivity contribution in [2.75, 3.05) is 0 Å². The standard InChI is InChI=1S/C19H18O3/c1-13(20)21-15-10-8-14(9-11-15)18-12-19(2,3)16-6-4-5-7-17(16)22-18/h4-12H,1-3H3. The molecule has 0 fully saturated rings. The Labute approximate surface area is 130 Å². The van der Waals surface area contributed by atoms with Crippen LogP contribution in [0.3, 0.4) is 0 Å². The summed E-state index contributed by atoms with van der Waals surface area (Å²) in [6.45, 7) is 5.73. The van der Waals surface area contributed by atoms with Gasteiger partial charge in [-0.3, -0.25) is 4.79 Å². The van der Waals surface area contributed by atoms with E-state index in [0.717, 1.165) is 17.1 Å². The largest absolute Gasteiger partial charge is 0.457 e. The zero-order valence-corrected chi connectivity index (χ0v) is 12.9. The van der Waals surface area contributed by atoms with E-state index in [1.807, 2.05) is 30.3 Å². The maximum Gasteiger partial charge on any atom is 0.308 e. The fourth-order valence-electron chi connectivity index (χ4n) is 2.64. The highest BCUT2D eigenvalue weighted by molar-refractivity contribution is 5.71. The Hall–Kier alpha value is -2.55. The van der Waals surface area contributed by atoms with Crippen molar-refractivity contribution in [2.24, 2.45) is 0 Å². The predicted octanol–water partition coefficient (Wildman–Crippen LogP) is 4.32. The number of rotatable bonds is 2. The molecule has 0 N–H and O–H groups in total. The highest BCUT2D eigenvalue weighted by Gasteiger charge is 2.28. The Morgan fingerprint density at radius 2 is 1.73 bits per heavy atom. The van der Waals surface area contributed by atoms with Crippen LogP contribution in [0.2, 0.25) is 0 Å². The molecule has 0 saturated heterocycles. The topological polar surface area (TPSA) is 35.5 Å². The zero-order chi connectivity index (χ0) is 15.7. The van der Waals surface area contributed by atoms with E-state index >= 15 is 0 Å². The highest BCUT2D eigenvalue weighted by Crippen LogP contribution is 2.40. The van der Waals surface area contributed by atoms with E-state index in [-0.39, 0.29) is 11.4 Å². The van der Waals surface area contributed by atoms with Gasteiger partial charge in [0, 0.05) is 23.5 Å². The molecule has 3 nitrogen and oxygen atoms in total. The van der Waals surface area contributed by atoms with Crippen LogP contribution < -0.4 is 9.47 Å². The summed E-state index contributed by atoms with van der Waals surface area (Å²) in [7, 11) is 0. The van der Waals surface area contributed by atoms with Crippen molar-refractivity contribution in [1.29, 1.82) is 0 Å². The first-order valence-electron chi connectivity index (χ1n) is 7.25. The minimum atomic E-state index is -0.323. The van der Waals surface area contributed by atoms with Crippen LogP contribution in [0.1, 0.15) is 31.9 Å². The van der Waals surface area contributed by atoms with Crippen LogP contribution in [0, 0.1) is 0 Å². The molecule has 2 aromatic carbocycles. The molecular formula is C19H18O3. The van der Waals surface area contributed by atoms with Crippen LogP contribution in [0.15, 0.2) is 54.6 Å². The predicted molar refractivity (Wildman–Crippen MR) is 85.8 cm³/mol. The lowest BCUT2D eigenvalue weighted by molar-refractivity contribution is -0.131. The summed E-state index contributed by atoms with van der Waals surface area (Å²) in [6, 6.07) is 15.4. The molecule has 112 valence electrons. The third kappa shape index (κ3) is 2.75. The van der Waals surface area contributed by atoms with Gasteiger partial charge in [0.1, 0.15) is 17.3 Å². The summed E-state index contributed by atoms with van der Waals surface area (Å²) in [5.41, 5.74) is 2.03. The number of esters is 1. The van der Waals surface area contributed by atoms with Gasteiger partial charge in [0.05, 0.1) is 0 Å². The van der Waals surface area contributed by atoms with E-state index < -0.39 is 0 Å². The number of hydrogen-bond donors (Lipinski definition) is 0. The van der Waals surface area contributed by atoms with Crippen LogP contribution in [-0.2, 0) is 10.2 Å². The number of hydrogen-bond acceptors (Lipinski definition) is 3. The number of carbonyl (C=O) groups excluding carboxylic acids is 1. The third-order valence-corrected chi connectivity index (χ3v) is 3.69. The first-order chi connectivity index (χ1) is 10.5. The molecule has 1 aliphatic heterocycles. The first-order valence-corrected chi connectivity index (χ1v) is 7.25. The molecule has 0 aliphatic carbocycles. The first kappa shape index (κ1) is 14.4. The maximum atomic E-state index is 11.0. The molecule has 0 atom stereocenters. The van der Waals surface area contributed by atoms with Crippen LogP contribution >= 0.6 is 0 Å². The van der Waals surface area contributed by atoms with E-state index in [0.29, 0.717) is 5.75 Å². The van der Waals surface area contributed by atoms with Gasteiger partial charge >= 0.3 is 5.97 Å². The van der Waals surface area contributed by atoms with Crippen LogP contribution in [-0.4, -0.2) is 5.97 Å². The monoisotopic (exact) mass is 294 g/mol. The molecular weight excluding hydrogens is 276 g/mol. The molecule has 1 aliphatic rings. The van der Waals surface area contributed by atoms with E-state index in [2.05, 4.69) is 26.0 Å². The van der Waals surface area contributed by atoms with Crippen molar-refractivity contribution in [3.05, 3.63) is 65.7 Å². The van der Waals surface area contributed by atoms with E-state index in [4.69, 9.17) is 9.47 Å². The number of carbonyl (C=O) groups is 1. The van der Waals surface area contributed by atoms with Gasteiger partial charge < -0.3 is 9.47 Å². The Balaban J connectivity index is 1.93. The molecule has 0 aromatic heterocycles. The number of allylic oxidation sites excluding steroid dienone is 1. The summed E-state index contributed by atoms with van der Waals surface area (Å²) >= 11 is 0. The Morgan fingerprint density at radius 3 is 2.41 bits per heavy atom. The fourth-order valence-corrected chi connectivity index (χ4v) is 2.64. The molecule has 0 radical (unpaired) electrons. The van der Waals surface area contributed by atoms with Gasteiger partial charge in [-0.05, 0) is 36.4 Å². The van der Waals surface area contributed by atoms with Crippen molar-refractivity contribution in [3.63, 3.8) is 0 Å². The van der Waals surface area contributed by atoms with Crippen molar-refractivity contribution < 1.29 is 14.3 Å². The van der Waals surface area contributed by atoms with E-state index in [1.165, 1.54) is 12.5 Å². The lowest BCUT2D eigenvalue weighted by Crippen LogP contribution is -2.21. The van der Waals surface area contributed by atoms with Gasteiger partial charge in [0.15, 0.2) is 0 Å². The second-order valence-corrected chi connectivity index (χ2v) is 5.95. The third-order valence-electron chi connectivity index (χ3n) is 3.69. The smallest absolute Gasteiger partial charge is 0.308 e. The van der Waals surface area contributed by atoms with Crippen molar-refractivity contribution >= 4 is 11.7 Å². The zero-order valence-electron chi connectivity index (χ0n) is 12.9. The Bertz CT molecular complexity index is 740. The van der Waals surface area contributed by atoms with Crippen LogP contribution in [0.4, 0.5) is 0 Å². The lowest BCUT2D eigenvalue weighted by atomic mass is 9.81. The lowest BCUT2D eigenvalue weighted by Gasteiger charge is -2.30. The highest BCUT2D eigenvalue weighted by atomic mass is 16.5. The molecule has 0 unspecified atom stereocenters. The maximum absolute atomic E-state index is 11.0. The molecule has 2 aromatic rings. The van der Waals surface area contributed by atoms with Crippen molar-refractivity contribution in [2.45, 2.75) is 26.2 Å². The van der Waals surface area contributed by atoms with Crippen LogP contribution in [0.25, 0.3) is 5.76 Å². The molecule has 22 heavy (non-hydrogen) atoms. The molecule has 3 heteroatoms. The summed E-state index contributed by atoms with van der Waals surface area (Å²) < 4.78 is 11.1. The van der Waals surface area contributed by atoms with Gasteiger partial charge in [0.2, 0.25) is 0 Å². The molecule has 3 rings (SSSR count). The Kier molecular flexibility index (Phi) is 3.49. The SMILES string of the molecule is CC(=O)Oc1ccc(C2=CC(C)(C)c3ccccc3O2)cc1. The molecule has 0 bridgehead atoms. The second-order valence-electron chi connectivity index (χ2n) is 5.95. The molecule has 0 amide bonds. The quantitative estimate of drug-likeness (QED) is 0.611. The van der Waals surface area contributed by atoms with Gasteiger partial charge in [-0.25, -0.2) is 0 Å². The fraction of sp³-hybridized carbons (Fsp3) is 0.211. The average molecular weight is 294 g/mol. The molecule has 1 heterocycles. The summed E-state index contributed by atoms with van der Waals surface area (Å²) in [5, 5.41) is 0. The average Bonchev–Trinajstić information content (AvgIpc) is 2.47.